The van der Waals surface area contributed by atoms with E-state index in [0.29, 0.717) is 0 Å². The molecule has 1 N–H and O–H groups in total. The maximum atomic E-state index is 12.6. The van der Waals surface area contributed by atoms with Gasteiger partial charge in [-0.1, -0.05) is 0 Å². The molecule has 2 heterocycles. The molecule has 9 heteroatoms. The molecule has 1 aliphatic heterocycles. The number of aryl methyl sites for hydroxylation is 1. The number of carboxylic acid groups (broad SMARTS) is 1. The monoisotopic (exact) mass is 332 g/mol. The molecule has 0 spiro atoms. The first-order valence-corrected chi connectivity index (χ1v) is 6.86. The number of carboxylic acids is 1. The zero-order chi connectivity index (χ0) is 17.2. The molecule has 1 amide bonds. The standard InChI is InChI=1S/C14H15F3N2O4/c1-8-10(2-3-11(18-8)14(15,16)17)13(22)19-4-5-23-9(7-19)6-12(20)21/h2-3,9H,4-7H2,1H3,(H,20,21)/t9-/m0/s1. The van der Waals surface area contributed by atoms with Crippen LogP contribution in [0.5, 0.6) is 0 Å². The number of alkyl halides is 3. The van der Waals surface area contributed by atoms with Crippen LogP contribution < -0.4 is 0 Å². The Bertz CT molecular complexity index is 619. The Kier molecular flexibility index (Phi) is 4.88. The van der Waals surface area contributed by atoms with Crippen LogP contribution in [0.2, 0.25) is 0 Å². The third-order valence-corrected chi connectivity index (χ3v) is 3.43. The molecule has 0 aromatic carbocycles. The smallest absolute Gasteiger partial charge is 0.433 e. The Morgan fingerprint density at radius 2 is 2.13 bits per heavy atom. The van der Waals surface area contributed by atoms with Crippen molar-refractivity contribution >= 4 is 11.9 Å². The Hall–Kier alpha value is -2.16. The molecule has 0 saturated carbocycles. The number of carbonyl (C=O) groups is 2. The van der Waals surface area contributed by atoms with E-state index in [2.05, 4.69) is 4.98 Å². The van der Waals surface area contributed by atoms with E-state index in [1.54, 1.807) is 0 Å². The van der Waals surface area contributed by atoms with Gasteiger partial charge in [0.05, 0.1) is 30.4 Å². The highest BCUT2D eigenvalue weighted by atomic mass is 19.4. The predicted octanol–water partition coefficient (Wildman–Crippen LogP) is 1.72. The maximum Gasteiger partial charge on any atom is 0.433 e. The van der Waals surface area contributed by atoms with Crippen molar-refractivity contribution in [2.75, 3.05) is 19.7 Å². The molecule has 0 unspecified atom stereocenters. The Labute approximate surface area is 129 Å². The number of aromatic nitrogens is 1. The van der Waals surface area contributed by atoms with Gasteiger partial charge >= 0.3 is 12.1 Å². The van der Waals surface area contributed by atoms with Crippen molar-refractivity contribution in [2.24, 2.45) is 0 Å². The minimum absolute atomic E-state index is 0.0221. The molecule has 6 nitrogen and oxygen atoms in total. The molecular weight excluding hydrogens is 317 g/mol. The van der Waals surface area contributed by atoms with Crippen molar-refractivity contribution in [3.63, 3.8) is 0 Å². The fraction of sp³-hybridized carbons (Fsp3) is 0.500. The van der Waals surface area contributed by atoms with E-state index in [1.165, 1.54) is 11.8 Å². The van der Waals surface area contributed by atoms with Gasteiger partial charge in [-0.3, -0.25) is 9.59 Å². The van der Waals surface area contributed by atoms with E-state index in [4.69, 9.17) is 9.84 Å². The number of amides is 1. The van der Waals surface area contributed by atoms with Gasteiger partial charge in [0.2, 0.25) is 0 Å². The minimum Gasteiger partial charge on any atom is -0.481 e. The summed E-state index contributed by atoms with van der Waals surface area (Å²) in [6, 6.07) is 1.85. The average molecular weight is 332 g/mol. The lowest BCUT2D eigenvalue weighted by atomic mass is 10.1. The number of ether oxygens (including phenoxy) is 1. The molecule has 23 heavy (non-hydrogen) atoms. The van der Waals surface area contributed by atoms with Crippen molar-refractivity contribution in [1.29, 1.82) is 0 Å². The van der Waals surface area contributed by atoms with Crippen LogP contribution in [0.3, 0.4) is 0 Å². The topological polar surface area (TPSA) is 79.7 Å². The Morgan fingerprint density at radius 1 is 1.43 bits per heavy atom. The van der Waals surface area contributed by atoms with Gasteiger partial charge in [0.25, 0.3) is 5.91 Å². The number of nitrogens with zero attached hydrogens (tertiary/aromatic N) is 2. The van der Waals surface area contributed by atoms with Gasteiger partial charge in [0.15, 0.2) is 0 Å². The Morgan fingerprint density at radius 3 is 2.70 bits per heavy atom. The first kappa shape index (κ1) is 17.2. The number of halogens is 3. The fourth-order valence-electron chi connectivity index (χ4n) is 2.34. The summed E-state index contributed by atoms with van der Waals surface area (Å²) >= 11 is 0. The molecule has 0 aliphatic carbocycles. The highest BCUT2D eigenvalue weighted by Crippen LogP contribution is 2.28. The summed E-state index contributed by atoms with van der Waals surface area (Å²) in [5.74, 6) is -1.53. The van der Waals surface area contributed by atoms with Gasteiger partial charge in [-0.05, 0) is 19.1 Å². The number of hydrogen-bond donors (Lipinski definition) is 1. The normalized spacial score (nSPS) is 18.8. The lowest BCUT2D eigenvalue weighted by molar-refractivity contribution is -0.142. The molecule has 0 radical (unpaired) electrons. The number of carbonyl (C=O) groups excluding carboxylic acids is 1. The number of hydrogen-bond acceptors (Lipinski definition) is 4. The summed E-state index contributed by atoms with van der Waals surface area (Å²) < 4.78 is 43.1. The summed E-state index contributed by atoms with van der Waals surface area (Å²) in [6.07, 6.45) is -5.45. The summed E-state index contributed by atoms with van der Waals surface area (Å²) in [6.45, 7) is 1.83. The molecular formula is C14H15F3N2O4. The van der Waals surface area contributed by atoms with Crippen molar-refractivity contribution in [3.8, 4) is 0 Å². The van der Waals surface area contributed by atoms with Crippen molar-refractivity contribution in [2.45, 2.75) is 25.6 Å². The SMILES string of the molecule is Cc1nc(C(F)(F)F)ccc1C(=O)N1CCO[C@@H](CC(=O)O)C1. The summed E-state index contributed by atoms with van der Waals surface area (Å²) in [4.78, 5) is 27.9. The predicted molar refractivity (Wildman–Crippen MR) is 71.9 cm³/mol. The van der Waals surface area contributed by atoms with Crippen LogP contribution in [0.4, 0.5) is 13.2 Å². The van der Waals surface area contributed by atoms with Gasteiger partial charge in [-0.25, -0.2) is 4.98 Å². The molecule has 1 saturated heterocycles. The minimum atomic E-state index is -4.57. The molecule has 1 aromatic heterocycles. The van der Waals surface area contributed by atoms with Crippen LogP contribution >= 0.6 is 0 Å². The van der Waals surface area contributed by atoms with Crippen molar-refractivity contribution < 1.29 is 32.6 Å². The molecule has 2 rings (SSSR count). The second-order valence-corrected chi connectivity index (χ2v) is 5.17. The summed E-state index contributed by atoms with van der Waals surface area (Å²) in [7, 11) is 0. The lowest BCUT2D eigenvalue weighted by Gasteiger charge is -2.32. The van der Waals surface area contributed by atoms with Gasteiger partial charge < -0.3 is 14.7 Å². The van der Waals surface area contributed by atoms with Crippen LogP contribution in [-0.4, -0.2) is 52.7 Å². The molecule has 1 fully saturated rings. The van der Waals surface area contributed by atoms with Gasteiger partial charge in [0.1, 0.15) is 5.69 Å². The van der Waals surface area contributed by atoms with Crippen LogP contribution in [-0.2, 0) is 15.7 Å². The first-order valence-electron chi connectivity index (χ1n) is 6.86. The third kappa shape index (κ3) is 4.19. The summed E-state index contributed by atoms with van der Waals surface area (Å²) in [5, 5.41) is 8.76. The molecule has 1 atom stereocenters. The second kappa shape index (κ2) is 6.53. The molecule has 0 bridgehead atoms. The highest BCUT2D eigenvalue weighted by Gasteiger charge is 2.34. The highest BCUT2D eigenvalue weighted by molar-refractivity contribution is 5.95. The van der Waals surface area contributed by atoms with Crippen LogP contribution in [0, 0.1) is 6.92 Å². The van der Waals surface area contributed by atoms with Crippen LogP contribution in [0.25, 0.3) is 0 Å². The van der Waals surface area contributed by atoms with E-state index in [1.807, 2.05) is 0 Å². The van der Waals surface area contributed by atoms with Crippen LogP contribution in [0.1, 0.15) is 28.2 Å². The van der Waals surface area contributed by atoms with E-state index in [9.17, 15) is 22.8 Å². The number of pyridine rings is 1. The second-order valence-electron chi connectivity index (χ2n) is 5.17. The van der Waals surface area contributed by atoms with E-state index in [0.717, 1.165) is 12.1 Å². The largest absolute Gasteiger partial charge is 0.481 e. The third-order valence-electron chi connectivity index (χ3n) is 3.43. The first-order chi connectivity index (χ1) is 10.7. The number of aliphatic carboxylic acids is 1. The van der Waals surface area contributed by atoms with Gasteiger partial charge in [-0.15, -0.1) is 0 Å². The van der Waals surface area contributed by atoms with E-state index >= 15 is 0 Å². The molecule has 126 valence electrons. The van der Waals surface area contributed by atoms with Crippen molar-refractivity contribution in [3.05, 3.63) is 29.1 Å². The lowest BCUT2D eigenvalue weighted by Crippen LogP contribution is -2.46. The number of rotatable bonds is 3. The average Bonchev–Trinajstić information content (AvgIpc) is 2.45. The fourth-order valence-corrected chi connectivity index (χ4v) is 2.34. The zero-order valence-corrected chi connectivity index (χ0v) is 12.3. The van der Waals surface area contributed by atoms with Gasteiger partial charge in [-0.2, -0.15) is 13.2 Å². The zero-order valence-electron chi connectivity index (χ0n) is 12.3. The molecule has 1 aromatic rings. The Balaban J connectivity index is 2.15. The quantitative estimate of drug-likeness (QED) is 0.912. The number of morpholine rings is 1. The van der Waals surface area contributed by atoms with Crippen LogP contribution in [0.15, 0.2) is 12.1 Å². The van der Waals surface area contributed by atoms with Gasteiger partial charge in [0, 0.05) is 13.1 Å². The van der Waals surface area contributed by atoms with E-state index in [-0.39, 0.29) is 37.4 Å². The van der Waals surface area contributed by atoms with Crippen molar-refractivity contribution in [1.82, 2.24) is 9.88 Å². The maximum absolute atomic E-state index is 12.6. The summed E-state index contributed by atoms with van der Waals surface area (Å²) in [5.41, 5.74) is -1.02. The van der Waals surface area contributed by atoms with E-state index < -0.39 is 29.9 Å². The molecule has 1 aliphatic rings.